The highest BCUT2D eigenvalue weighted by molar-refractivity contribution is 5.95. The molecule has 6 heteroatoms. The summed E-state index contributed by atoms with van der Waals surface area (Å²) in [6, 6.07) is 15.6. The zero-order valence-corrected chi connectivity index (χ0v) is 14.5. The van der Waals surface area contributed by atoms with Gasteiger partial charge in [-0.3, -0.25) is 4.79 Å². The molecule has 3 amide bonds. The molecule has 0 radical (unpaired) electrons. The average molecular weight is 355 g/mol. The lowest BCUT2D eigenvalue weighted by atomic mass is 10.1. The van der Waals surface area contributed by atoms with Crippen molar-refractivity contribution in [2.45, 2.75) is 12.8 Å². The summed E-state index contributed by atoms with van der Waals surface area (Å²) in [5, 5.41) is 5.65. The van der Waals surface area contributed by atoms with Gasteiger partial charge in [0, 0.05) is 37.7 Å². The van der Waals surface area contributed by atoms with E-state index in [2.05, 4.69) is 10.6 Å². The topological polar surface area (TPSA) is 61.4 Å². The van der Waals surface area contributed by atoms with Gasteiger partial charge in [-0.1, -0.05) is 30.3 Å². The molecule has 0 aliphatic carbocycles. The van der Waals surface area contributed by atoms with Crippen LogP contribution in [0.25, 0.3) is 0 Å². The fourth-order valence-electron chi connectivity index (χ4n) is 3.05. The van der Waals surface area contributed by atoms with E-state index in [0.29, 0.717) is 31.7 Å². The summed E-state index contributed by atoms with van der Waals surface area (Å²) < 4.78 is 13.0. The lowest BCUT2D eigenvalue weighted by Gasteiger charge is -2.17. The predicted molar refractivity (Wildman–Crippen MR) is 98.4 cm³/mol. The van der Waals surface area contributed by atoms with Crippen LogP contribution in [-0.2, 0) is 11.2 Å². The molecule has 1 fully saturated rings. The summed E-state index contributed by atoms with van der Waals surface area (Å²) in [5.41, 5.74) is 1.86. The van der Waals surface area contributed by atoms with Crippen LogP contribution in [0.2, 0.25) is 0 Å². The quantitative estimate of drug-likeness (QED) is 0.837. The molecular formula is C20H22FN3O2. The van der Waals surface area contributed by atoms with E-state index in [9.17, 15) is 14.0 Å². The summed E-state index contributed by atoms with van der Waals surface area (Å²) in [6.07, 6.45) is 1.15. The van der Waals surface area contributed by atoms with E-state index in [4.69, 9.17) is 0 Å². The second kappa shape index (κ2) is 8.47. The van der Waals surface area contributed by atoms with Crippen molar-refractivity contribution in [2.75, 3.05) is 24.5 Å². The van der Waals surface area contributed by atoms with E-state index in [0.717, 1.165) is 6.42 Å². The van der Waals surface area contributed by atoms with Crippen LogP contribution in [-0.4, -0.2) is 31.6 Å². The minimum Gasteiger partial charge on any atom is -0.338 e. The Kier molecular flexibility index (Phi) is 5.84. The monoisotopic (exact) mass is 355 g/mol. The number of halogens is 1. The molecule has 1 aliphatic heterocycles. The predicted octanol–water partition coefficient (Wildman–Crippen LogP) is 2.72. The number of hydrogen-bond donors (Lipinski definition) is 2. The van der Waals surface area contributed by atoms with E-state index >= 15 is 0 Å². The molecule has 0 spiro atoms. The number of hydrogen-bond acceptors (Lipinski definition) is 2. The van der Waals surface area contributed by atoms with Crippen molar-refractivity contribution in [1.29, 1.82) is 0 Å². The van der Waals surface area contributed by atoms with Gasteiger partial charge in [0.1, 0.15) is 5.82 Å². The molecule has 1 heterocycles. The third-order valence-corrected chi connectivity index (χ3v) is 4.44. The maximum absolute atomic E-state index is 13.0. The lowest BCUT2D eigenvalue weighted by Crippen LogP contribution is -2.39. The fraction of sp³-hybridized carbons (Fsp3) is 0.300. The molecule has 0 saturated carbocycles. The summed E-state index contributed by atoms with van der Waals surface area (Å²) in [5.74, 6) is -0.286. The Balaban J connectivity index is 1.40. The third-order valence-electron chi connectivity index (χ3n) is 4.44. The molecule has 0 bridgehead atoms. The highest BCUT2D eigenvalue weighted by atomic mass is 19.1. The fourth-order valence-corrected chi connectivity index (χ4v) is 3.05. The molecule has 26 heavy (non-hydrogen) atoms. The lowest BCUT2D eigenvalue weighted by molar-refractivity contribution is -0.117. The van der Waals surface area contributed by atoms with Gasteiger partial charge < -0.3 is 15.5 Å². The van der Waals surface area contributed by atoms with Crippen LogP contribution >= 0.6 is 0 Å². The number of benzene rings is 2. The van der Waals surface area contributed by atoms with Crippen molar-refractivity contribution in [3.05, 3.63) is 66.0 Å². The first-order chi connectivity index (χ1) is 12.6. The smallest absolute Gasteiger partial charge is 0.314 e. The van der Waals surface area contributed by atoms with E-state index in [1.54, 1.807) is 17.0 Å². The van der Waals surface area contributed by atoms with Crippen molar-refractivity contribution < 1.29 is 14.0 Å². The summed E-state index contributed by atoms with van der Waals surface area (Å²) >= 11 is 0. The maximum atomic E-state index is 13.0. The van der Waals surface area contributed by atoms with Crippen LogP contribution in [0, 0.1) is 11.7 Å². The minimum absolute atomic E-state index is 0.00658. The first-order valence-electron chi connectivity index (χ1n) is 8.73. The van der Waals surface area contributed by atoms with Gasteiger partial charge in [-0.05, 0) is 36.2 Å². The second-order valence-corrected chi connectivity index (χ2v) is 6.42. The molecule has 2 N–H and O–H groups in total. The van der Waals surface area contributed by atoms with Gasteiger partial charge in [0.05, 0.1) is 0 Å². The van der Waals surface area contributed by atoms with Gasteiger partial charge >= 0.3 is 6.03 Å². The third kappa shape index (κ3) is 4.81. The van der Waals surface area contributed by atoms with Crippen molar-refractivity contribution in [3.63, 3.8) is 0 Å². The number of nitrogens with zero attached hydrogens (tertiary/aromatic N) is 1. The molecule has 5 nitrogen and oxygen atoms in total. The molecule has 2 aromatic rings. The second-order valence-electron chi connectivity index (χ2n) is 6.42. The molecule has 2 aromatic carbocycles. The van der Waals surface area contributed by atoms with Crippen molar-refractivity contribution in [2.24, 2.45) is 5.92 Å². The largest absolute Gasteiger partial charge is 0.338 e. The number of carbonyl (C=O) groups is 2. The minimum atomic E-state index is -0.328. The van der Waals surface area contributed by atoms with Crippen LogP contribution in [0.4, 0.5) is 14.9 Å². The van der Waals surface area contributed by atoms with Crippen LogP contribution in [0.1, 0.15) is 12.0 Å². The van der Waals surface area contributed by atoms with Crippen LogP contribution in [0.15, 0.2) is 54.6 Å². The molecule has 1 unspecified atom stereocenters. The molecule has 0 aromatic heterocycles. The molecule has 1 saturated heterocycles. The van der Waals surface area contributed by atoms with Crippen LogP contribution in [0.3, 0.4) is 0 Å². The Morgan fingerprint density at radius 1 is 1.08 bits per heavy atom. The van der Waals surface area contributed by atoms with Crippen molar-refractivity contribution >= 4 is 17.6 Å². The SMILES string of the molecule is O=C(NCCc1ccccc1)NCC1CC(=O)N(c2ccc(F)cc2)C1. The molecular weight excluding hydrogens is 333 g/mol. The molecule has 136 valence electrons. The Labute approximate surface area is 152 Å². The van der Waals surface area contributed by atoms with Gasteiger partial charge in [0.2, 0.25) is 5.91 Å². The van der Waals surface area contributed by atoms with E-state index in [1.807, 2.05) is 30.3 Å². The van der Waals surface area contributed by atoms with E-state index in [1.165, 1.54) is 17.7 Å². The van der Waals surface area contributed by atoms with Crippen LogP contribution < -0.4 is 15.5 Å². The normalized spacial score (nSPS) is 16.6. The zero-order valence-electron chi connectivity index (χ0n) is 14.5. The standard InChI is InChI=1S/C20H22FN3O2/c21-17-6-8-18(9-7-17)24-14-16(12-19(24)25)13-23-20(26)22-11-10-15-4-2-1-3-5-15/h1-9,16H,10-14H2,(H2,22,23,26). The number of rotatable bonds is 6. The van der Waals surface area contributed by atoms with Gasteiger partial charge in [-0.2, -0.15) is 0 Å². The number of urea groups is 1. The summed E-state index contributed by atoms with van der Waals surface area (Å²) in [6.45, 7) is 1.51. The van der Waals surface area contributed by atoms with Crippen molar-refractivity contribution in [1.82, 2.24) is 10.6 Å². The Morgan fingerprint density at radius 2 is 1.81 bits per heavy atom. The van der Waals surface area contributed by atoms with Crippen LogP contribution in [0.5, 0.6) is 0 Å². The zero-order chi connectivity index (χ0) is 18.4. The first-order valence-corrected chi connectivity index (χ1v) is 8.73. The van der Waals surface area contributed by atoms with Gasteiger partial charge in [0.15, 0.2) is 0 Å². The van der Waals surface area contributed by atoms with Gasteiger partial charge in [-0.25, -0.2) is 9.18 Å². The molecule has 1 atom stereocenters. The number of amides is 3. The number of nitrogens with one attached hydrogen (secondary N) is 2. The number of carbonyl (C=O) groups excluding carboxylic acids is 2. The maximum Gasteiger partial charge on any atom is 0.314 e. The van der Waals surface area contributed by atoms with Crippen molar-refractivity contribution in [3.8, 4) is 0 Å². The highest BCUT2D eigenvalue weighted by Crippen LogP contribution is 2.24. The molecule has 3 rings (SSSR count). The molecule has 1 aliphatic rings. The summed E-state index contributed by atoms with van der Waals surface area (Å²) in [7, 11) is 0. The van der Waals surface area contributed by atoms with E-state index < -0.39 is 0 Å². The Morgan fingerprint density at radius 3 is 2.54 bits per heavy atom. The first kappa shape index (κ1) is 17.9. The summed E-state index contributed by atoms with van der Waals surface area (Å²) in [4.78, 5) is 25.7. The Hall–Kier alpha value is -2.89. The van der Waals surface area contributed by atoms with Gasteiger partial charge in [-0.15, -0.1) is 0 Å². The Bertz CT molecular complexity index is 749. The highest BCUT2D eigenvalue weighted by Gasteiger charge is 2.30. The van der Waals surface area contributed by atoms with E-state index in [-0.39, 0.29) is 23.7 Å². The number of anilines is 1. The van der Waals surface area contributed by atoms with Gasteiger partial charge in [0.25, 0.3) is 0 Å². The average Bonchev–Trinajstić information content (AvgIpc) is 3.02.